The molecule has 5 nitrogen and oxygen atoms in total. The number of alkyl halides is 2. The lowest BCUT2D eigenvalue weighted by Gasteiger charge is -2.12. The van der Waals surface area contributed by atoms with E-state index >= 15 is 0 Å². The lowest BCUT2D eigenvalue weighted by molar-refractivity contribution is -0.116. The molecule has 0 fully saturated rings. The first-order valence-electron chi connectivity index (χ1n) is 9.64. The number of halogens is 2. The minimum Gasteiger partial charge on any atom is -0.493 e. The summed E-state index contributed by atoms with van der Waals surface area (Å²) in [5.41, 5.74) is 1.44. The Labute approximate surface area is 179 Å². The zero-order chi connectivity index (χ0) is 22.2. The van der Waals surface area contributed by atoms with Crippen molar-refractivity contribution in [2.45, 2.75) is 13.0 Å². The minimum absolute atomic E-state index is 0.0263. The van der Waals surface area contributed by atoms with Crippen molar-refractivity contribution in [2.75, 3.05) is 20.8 Å². The van der Waals surface area contributed by atoms with Gasteiger partial charge in [-0.1, -0.05) is 42.5 Å². The first kappa shape index (κ1) is 22.1. The van der Waals surface area contributed by atoms with Gasteiger partial charge in [-0.05, 0) is 46.5 Å². The van der Waals surface area contributed by atoms with Crippen LogP contribution in [-0.2, 0) is 16.0 Å². The van der Waals surface area contributed by atoms with Gasteiger partial charge in [0.2, 0.25) is 0 Å². The molecule has 0 atom stereocenters. The molecule has 0 radical (unpaired) electrons. The zero-order valence-electron chi connectivity index (χ0n) is 17.2. The van der Waals surface area contributed by atoms with Crippen molar-refractivity contribution in [3.05, 3.63) is 78.1 Å². The summed E-state index contributed by atoms with van der Waals surface area (Å²) in [6.45, 7) is -2.72. The molecule has 1 amide bonds. The van der Waals surface area contributed by atoms with E-state index in [0.29, 0.717) is 30.0 Å². The average molecular weight is 427 g/mol. The normalized spacial score (nSPS) is 11.5. The van der Waals surface area contributed by atoms with Gasteiger partial charge >= 0.3 is 6.61 Å². The first-order chi connectivity index (χ1) is 15.0. The fraction of sp³-hybridized carbons (Fsp3) is 0.208. The van der Waals surface area contributed by atoms with Gasteiger partial charge in [-0.2, -0.15) is 8.78 Å². The fourth-order valence-electron chi connectivity index (χ4n) is 3.18. The van der Waals surface area contributed by atoms with Gasteiger partial charge in [0.15, 0.2) is 11.5 Å². The van der Waals surface area contributed by atoms with Crippen LogP contribution in [0.3, 0.4) is 0 Å². The molecule has 3 rings (SSSR count). The molecule has 3 aromatic carbocycles. The van der Waals surface area contributed by atoms with E-state index in [1.54, 1.807) is 32.4 Å². The van der Waals surface area contributed by atoms with Gasteiger partial charge in [-0.15, -0.1) is 0 Å². The maximum atomic E-state index is 12.8. The van der Waals surface area contributed by atoms with Gasteiger partial charge in [-0.3, -0.25) is 4.79 Å². The van der Waals surface area contributed by atoms with E-state index in [-0.39, 0.29) is 5.57 Å². The summed E-state index contributed by atoms with van der Waals surface area (Å²) in [5, 5.41) is 4.63. The third-order valence-corrected chi connectivity index (χ3v) is 4.74. The van der Waals surface area contributed by atoms with Gasteiger partial charge in [0.05, 0.1) is 19.8 Å². The molecule has 0 unspecified atom stereocenters. The molecular weight excluding hydrogens is 404 g/mol. The Hall–Kier alpha value is -3.61. The molecule has 3 aromatic rings. The summed E-state index contributed by atoms with van der Waals surface area (Å²) in [6, 6.07) is 18.4. The Kier molecular flexibility index (Phi) is 7.43. The van der Waals surface area contributed by atoms with E-state index in [4.69, 9.17) is 9.47 Å². The number of nitrogens with one attached hydrogen (secondary N) is 1. The zero-order valence-corrected chi connectivity index (χ0v) is 17.2. The minimum atomic E-state index is -3.02. The van der Waals surface area contributed by atoms with Crippen molar-refractivity contribution in [3.63, 3.8) is 0 Å². The first-order valence-corrected chi connectivity index (χ1v) is 9.64. The largest absolute Gasteiger partial charge is 0.493 e. The fourth-order valence-corrected chi connectivity index (χ4v) is 3.18. The number of carbonyl (C=O) groups excluding carboxylic acids is 1. The van der Waals surface area contributed by atoms with E-state index in [0.717, 1.165) is 22.6 Å². The molecule has 31 heavy (non-hydrogen) atoms. The number of benzene rings is 3. The molecule has 0 aromatic heterocycles. The standard InChI is InChI=1S/C24H23F2NO4/c1-29-21-10-7-16(13-22(21)30-2)11-12-27-23(28)20(15-31-24(25)26)19-9-8-17-5-3-4-6-18(17)14-19/h3-10,13-15,24H,11-12H2,1-2H3,(H,27,28). The van der Waals surface area contributed by atoms with Crippen LogP contribution in [0.2, 0.25) is 0 Å². The van der Waals surface area contributed by atoms with Crippen LogP contribution >= 0.6 is 0 Å². The van der Waals surface area contributed by atoms with Crippen LogP contribution in [-0.4, -0.2) is 33.3 Å². The van der Waals surface area contributed by atoms with Crippen LogP contribution in [0.1, 0.15) is 11.1 Å². The van der Waals surface area contributed by atoms with Gasteiger partial charge in [-0.25, -0.2) is 0 Å². The summed E-state index contributed by atoms with van der Waals surface area (Å²) < 4.78 is 40.0. The smallest absolute Gasteiger partial charge is 0.386 e. The van der Waals surface area contributed by atoms with Crippen molar-refractivity contribution in [1.82, 2.24) is 5.32 Å². The second-order valence-corrected chi connectivity index (χ2v) is 6.69. The maximum Gasteiger partial charge on any atom is 0.386 e. The molecule has 1 N–H and O–H groups in total. The molecule has 0 saturated heterocycles. The van der Waals surface area contributed by atoms with Crippen molar-refractivity contribution in [1.29, 1.82) is 0 Å². The number of hydrogen-bond acceptors (Lipinski definition) is 4. The van der Waals surface area contributed by atoms with Crippen molar-refractivity contribution in [2.24, 2.45) is 0 Å². The van der Waals surface area contributed by atoms with Gasteiger partial charge < -0.3 is 19.5 Å². The quantitative estimate of drug-likeness (QED) is 0.394. The summed E-state index contributed by atoms with van der Waals surface area (Å²) in [6.07, 6.45) is 1.33. The predicted molar refractivity (Wildman–Crippen MR) is 115 cm³/mol. The van der Waals surface area contributed by atoms with Gasteiger partial charge in [0.1, 0.15) is 6.26 Å². The number of hydrogen-bond donors (Lipinski definition) is 1. The molecule has 0 aliphatic rings. The van der Waals surface area contributed by atoms with Gasteiger partial charge in [0.25, 0.3) is 5.91 Å². The van der Waals surface area contributed by atoms with E-state index < -0.39 is 12.5 Å². The number of rotatable bonds is 9. The van der Waals surface area contributed by atoms with Crippen molar-refractivity contribution in [3.8, 4) is 11.5 Å². The summed E-state index contributed by atoms with van der Waals surface area (Å²) in [7, 11) is 3.10. The van der Waals surface area contributed by atoms with Crippen LogP contribution in [0.25, 0.3) is 16.3 Å². The Bertz CT molecular complexity index is 1080. The highest BCUT2D eigenvalue weighted by Crippen LogP contribution is 2.27. The number of carbonyl (C=O) groups is 1. The highest BCUT2D eigenvalue weighted by Gasteiger charge is 2.15. The van der Waals surface area contributed by atoms with Crippen molar-refractivity contribution < 1.29 is 27.8 Å². The van der Waals surface area contributed by atoms with Crippen LogP contribution in [0.4, 0.5) is 8.78 Å². The third kappa shape index (κ3) is 5.72. The van der Waals surface area contributed by atoms with Gasteiger partial charge in [0, 0.05) is 6.54 Å². The monoisotopic (exact) mass is 427 g/mol. The topological polar surface area (TPSA) is 56.8 Å². The van der Waals surface area contributed by atoms with Crippen LogP contribution in [0.5, 0.6) is 11.5 Å². The molecule has 7 heteroatoms. The van der Waals surface area contributed by atoms with E-state index in [1.807, 2.05) is 42.5 Å². The molecule has 0 aliphatic carbocycles. The number of fused-ring (bicyclic) bond motifs is 1. The molecule has 0 heterocycles. The maximum absolute atomic E-state index is 12.8. The molecule has 0 saturated carbocycles. The Morgan fingerprint density at radius 1 is 0.968 bits per heavy atom. The lowest BCUT2D eigenvalue weighted by atomic mass is 10.0. The highest BCUT2D eigenvalue weighted by atomic mass is 19.3. The van der Waals surface area contributed by atoms with Crippen LogP contribution < -0.4 is 14.8 Å². The van der Waals surface area contributed by atoms with Crippen LogP contribution in [0, 0.1) is 0 Å². The molecule has 0 spiro atoms. The summed E-state index contributed by atoms with van der Waals surface area (Å²) in [5.74, 6) is 0.700. The number of ether oxygens (including phenoxy) is 3. The molecule has 0 bridgehead atoms. The Morgan fingerprint density at radius 3 is 2.42 bits per heavy atom. The second kappa shape index (κ2) is 10.4. The Balaban J connectivity index is 1.73. The van der Waals surface area contributed by atoms with Crippen LogP contribution in [0.15, 0.2) is 66.9 Å². The van der Waals surface area contributed by atoms with E-state index in [9.17, 15) is 13.6 Å². The number of amides is 1. The molecule has 162 valence electrons. The number of methoxy groups -OCH3 is 2. The van der Waals surface area contributed by atoms with E-state index in [2.05, 4.69) is 10.1 Å². The molecular formula is C24H23F2NO4. The molecule has 0 aliphatic heterocycles. The predicted octanol–water partition coefficient (Wildman–Crippen LogP) is 4.80. The Morgan fingerprint density at radius 2 is 1.71 bits per heavy atom. The third-order valence-electron chi connectivity index (χ3n) is 4.74. The van der Waals surface area contributed by atoms with Crippen molar-refractivity contribution >= 4 is 22.3 Å². The average Bonchev–Trinajstić information content (AvgIpc) is 2.78. The summed E-state index contributed by atoms with van der Waals surface area (Å²) >= 11 is 0. The van der Waals surface area contributed by atoms with E-state index in [1.165, 1.54) is 0 Å². The SMILES string of the molecule is COc1ccc(CCNC(=O)C(=COC(F)F)c2ccc3ccccc3c2)cc1OC. The highest BCUT2D eigenvalue weighted by molar-refractivity contribution is 6.19. The lowest BCUT2D eigenvalue weighted by Crippen LogP contribution is -2.27. The summed E-state index contributed by atoms with van der Waals surface area (Å²) in [4.78, 5) is 12.8. The second-order valence-electron chi connectivity index (χ2n) is 6.69.